The third-order valence-corrected chi connectivity index (χ3v) is 3.88. The van der Waals surface area contributed by atoms with Gasteiger partial charge in [-0.1, -0.05) is 5.16 Å². The number of hydrogen-bond donors (Lipinski definition) is 2. The van der Waals surface area contributed by atoms with Crippen molar-refractivity contribution in [2.75, 3.05) is 11.9 Å². The van der Waals surface area contributed by atoms with Gasteiger partial charge in [0.2, 0.25) is 5.89 Å². The van der Waals surface area contributed by atoms with E-state index < -0.39 is 0 Å². The topological polar surface area (TPSA) is 102 Å². The fourth-order valence-electron chi connectivity index (χ4n) is 2.02. The highest BCUT2D eigenvalue weighted by Gasteiger charge is 2.12. The molecule has 1 aromatic carbocycles. The fraction of sp³-hybridized carbons (Fsp3) is 0.250. The second-order valence-electron chi connectivity index (χ2n) is 5.04. The van der Waals surface area contributed by atoms with Gasteiger partial charge < -0.3 is 19.9 Å². The Morgan fingerprint density at radius 3 is 2.76 bits per heavy atom. The molecule has 130 valence electrons. The molecule has 0 unspecified atom stereocenters. The minimum atomic E-state index is -0.299. The molecule has 0 spiro atoms. The van der Waals surface area contributed by atoms with Crippen molar-refractivity contribution in [3.05, 3.63) is 47.1 Å². The molecular formula is C16H17N5O3S. The number of rotatable bonds is 7. The third-order valence-electron chi connectivity index (χ3n) is 3.12. The number of nitrogens with zero attached hydrogens (tertiary/aromatic N) is 3. The van der Waals surface area contributed by atoms with Gasteiger partial charge in [-0.15, -0.1) is 11.3 Å². The third kappa shape index (κ3) is 4.54. The molecule has 0 fully saturated rings. The quantitative estimate of drug-likeness (QED) is 0.668. The number of amides is 1. The zero-order chi connectivity index (χ0) is 17.6. The zero-order valence-electron chi connectivity index (χ0n) is 13.8. The Kier molecular flexibility index (Phi) is 5.24. The summed E-state index contributed by atoms with van der Waals surface area (Å²) in [6.45, 7) is 4.45. The molecule has 0 atom stereocenters. The Bertz CT molecular complexity index is 844. The van der Waals surface area contributed by atoms with Gasteiger partial charge in [0.05, 0.1) is 13.2 Å². The monoisotopic (exact) mass is 359 g/mol. The molecule has 2 heterocycles. The molecular weight excluding hydrogens is 342 g/mol. The molecule has 0 bridgehead atoms. The maximum atomic E-state index is 12.1. The lowest BCUT2D eigenvalue weighted by atomic mass is 10.3. The molecule has 0 radical (unpaired) electrons. The first-order valence-electron chi connectivity index (χ1n) is 7.67. The van der Waals surface area contributed by atoms with E-state index in [0.29, 0.717) is 29.1 Å². The van der Waals surface area contributed by atoms with E-state index >= 15 is 0 Å². The molecule has 2 aromatic heterocycles. The van der Waals surface area contributed by atoms with Crippen molar-refractivity contribution in [3.63, 3.8) is 0 Å². The maximum Gasteiger partial charge on any atom is 0.271 e. The number of nitrogens with one attached hydrogen (secondary N) is 2. The summed E-state index contributed by atoms with van der Waals surface area (Å²) in [6.07, 6.45) is 0. The van der Waals surface area contributed by atoms with Crippen LogP contribution in [-0.2, 0) is 6.54 Å². The van der Waals surface area contributed by atoms with Crippen LogP contribution in [0.25, 0.3) is 0 Å². The summed E-state index contributed by atoms with van der Waals surface area (Å²) >= 11 is 1.35. The Balaban J connectivity index is 1.56. The van der Waals surface area contributed by atoms with Crippen LogP contribution in [0, 0.1) is 6.92 Å². The Labute approximate surface area is 148 Å². The van der Waals surface area contributed by atoms with E-state index in [1.807, 2.05) is 31.2 Å². The summed E-state index contributed by atoms with van der Waals surface area (Å²) in [5, 5.41) is 11.8. The normalized spacial score (nSPS) is 10.5. The van der Waals surface area contributed by atoms with E-state index in [1.54, 1.807) is 12.3 Å². The molecule has 3 aromatic rings. The highest BCUT2D eigenvalue weighted by Crippen LogP contribution is 2.23. The lowest BCUT2D eigenvalue weighted by Crippen LogP contribution is -2.23. The molecule has 0 aliphatic carbocycles. The summed E-state index contributed by atoms with van der Waals surface area (Å²) in [5.41, 5.74) is 1.20. The van der Waals surface area contributed by atoms with E-state index in [2.05, 4.69) is 25.8 Å². The zero-order valence-corrected chi connectivity index (χ0v) is 14.6. The smallest absolute Gasteiger partial charge is 0.271 e. The number of benzene rings is 1. The number of hydrogen-bond acceptors (Lipinski definition) is 8. The van der Waals surface area contributed by atoms with Crippen molar-refractivity contribution >= 4 is 28.1 Å². The summed E-state index contributed by atoms with van der Waals surface area (Å²) in [7, 11) is 0. The van der Waals surface area contributed by atoms with Crippen molar-refractivity contribution in [2.24, 2.45) is 0 Å². The summed E-state index contributed by atoms with van der Waals surface area (Å²) in [5.74, 6) is 1.39. The highest BCUT2D eigenvalue weighted by molar-refractivity contribution is 7.14. The summed E-state index contributed by atoms with van der Waals surface area (Å²) in [6, 6.07) is 7.53. The Hall–Kier alpha value is -2.94. The number of carbonyl (C=O) groups is 1. The Morgan fingerprint density at radius 1 is 1.28 bits per heavy atom. The highest BCUT2D eigenvalue weighted by atomic mass is 32.1. The Morgan fingerprint density at radius 2 is 2.08 bits per heavy atom. The number of carbonyl (C=O) groups excluding carboxylic acids is 1. The van der Waals surface area contributed by atoms with Crippen molar-refractivity contribution in [3.8, 4) is 5.75 Å². The van der Waals surface area contributed by atoms with Gasteiger partial charge in [-0.25, -0.2) is 4.98 Å². The predicted molar refractivity (Wildman–Crippen MR) is 93.2 cm³/mol. The fourth-order valence-corrected chi connectivity index (χ4v) is 2.73. The van der Waals surface area contributed by atoms with Gasteiger partial charge in [0.1, 0.15) is 11.4 Å². The van der Waals surface area contributed by atoms with Gasteiger partial charge in [-0.05, 0) is 38.1 Å². The van der Waals surface area contributed by atoms with Gasteiger partial charge >= 0.3 is 0 Å². The van der Waals surface area contributed by atoms with Gasteiger partial charge in [0.15, 0.2) is 11.0 Å². The van der Waals surface area contributed by atoms with Crippen molar-refractivity contribution < 1.29 is 14.1 Å². The van der Waals surface area contributed by atoms with Gasteiger partial charge in [-0.3, -0.25) is 4.79 Å². The van der Waals surface area contributed by atoms with Crippen molar-refractivity contribution in [1.82, 2.24) is 20.4 Å². The molecule has 1 amide bonds. The number of anilines is 2. The molecule has 2 N–H and O–H groups in total. The van der Waals surface area contributed by atoms with Crippen LogP contribution in [0.4, 0.5) is 10.8 Å². The molecule has 9 heteroatoms. The SMILES string of the molecule is CCOc1ccc(Nc2nc(C(=O)NCc3nc(C)no3)cs2)cc1. The second-order valence-corrected chi connectivity index (χ2v) is 5.90. The van der Waals surface area contributed by atoms with Crippen LogP contribution in [0.15, 0.2) is 34.2 Å². The first-order valence-corrected chi connectivity index (χ1v) is 8.55. The van der Waals surface area contributed by atoms with Crippen LogP contribution in [0.5, 0.6) is 5.75 Å². The molecule has 8 nitrogen and oxygen atoms in total. The van der Waals surface area contributed by atoms with E-state index in [4.69, 9.17) is 9.26 Å². The van der Waals surface area contributed by atoms with Gasteiger partial charge in [0, 0.05) is 11.1 Å². The first kappa shape index (κ1) is 16.9. The summed E-state index contributed by atoms with van der Waals surface area (Å²) < 4.78 is 10.3. The molecule has 0 saturated carbocycles. The lowest BCUT2D eigenvalue weighted by Gasteiger charge is -2.05. The van der Waals surface area contributed by atoms with Gasteiger partial charge in [0.25, 0.3) is 5.91 Å². The van der Waals surface area contributed by atoms with E-state index in [9.17, 15) is 4.79 Å². The van der Waals surface area contributed by atoms with Crippen LogP contribution in [0.1, 0.15) is 29.1 Å². The van der Waals surface area contributed by atoms with Crippen LogP contribution < -0.4 is 15.4 Å². The van der Waals surface area contributed by atoms with Crippen LogP contribution in [0.3, 0.4) is 0 Å². The summed E-state index contributed by atoms with van der Waals surface area (Å²) in [4.78, 5) is 20.4. The largest absolute Gasteiger partial charge is 0.494 e. The molecule has 25 heavy (non-hydrogen) atoms. The average Bonchev–Trinajstić information content (AvgIpc) is 3.24. The number of aryl methyl sites for hydroxylation is 1. The molecule has 3 rings (SSSR count). The van der Waals surface area contributed by atoms with E-state index in [0.717, 1.165) is 11.4 Å². The second kappa shape index (κ2) is 7.75. The van der Waals surface area contributed by atoms with Crippen LogP contribution in [0.2, 0.25) is 0 Å². The number of thiazole rings is 1. The standard InChI is InChI=1S/C16H17N5O3S/c1-3-23-12-6-4-11(5-7-12)19-16-20-13(9-25-16)15(22)17-8-14-18-10(2)21-24-14/h4-7,9H,3,8H2,1-2H3,(H,17,22)(H,19,20). The first-order chi connectivity index (χ1) is 12.1. The number of aromatic nitrogens is 3. The van der Waals surface area contributed by atoms with E-state index in [1.165, 1.54) is 11.3 Å². The maximum absolute atomic E-state index is 12.1. The number of ether oxygens (including phenoxy) is 1. The molecule has 0 aliphatic rings. The predicted octanol–water partition coefficient (Wildman–Crippen LogP) is 2.91. The van der Waals surface area contributed by atoms with E-state index in [-0.39, 0.29) is 12.5 Å². The van der Waals surface area contributed by atoms with Gasteiger partial charge in [-0.2, -0.15) is 4.98 Å². The van der Waals surface area contributed by atoms with Crippen molar-refractivity contribution in [1.29, 1.82) is 0 Å². The molecule has 0 saturated heterocycles. The van der Waals surface area contributed by atoms with Crippen LogP contribution >= 0.6 is 11.3 Å². The average molecular weight is 359 g/mol. The molecule has 0 aliphatic heterocycles. The minimum absolute atomic E-state index is 0.166. The lowest BCUT2D eigenvalue weighted by molar-refractivity contribution is 0.0942. The van der Waals surface area contributed by atoms with Crippen molar-refractivity contribution in [2.45, 2.75) is 20.4 Å². The van der Waals surface area contributed by atoms with Crippen LogP contribution in [-0.4, -0.2) is 27.6 Å². The minimum Gasteiger partial charge on any atom is -0.494 e.